The number of rotatable bonds is 3. The van der Waals surface area contributed by atoms with Gasteiger partial charge in [0.15, 0.2) is 5.76 Å². The third-order valence-corrected chi connectivity index (χ3v) is 2.36. The van der Waals surface area contributed by atoms with E-state index >= 15 is 0 Å². The van der Waals surface area contributed by atoms with E-state index in [9.17, 15) is 9.90 Å². The lowest BCUT2D eigenvalue weighted by Crippen LogP contribution is -2.19. The van der Waals surface area contributed by atoms with Crippen LogP contribution >= 0.6 is 0 Å². The summed E-state index contributed by atoms with van der Waals surface area (Å²) in [6.45, 7) is 2.02. The minimum atomic E-state index is -0.953. The Kier molecular flexibility index (Phi) is 3.39. The van der Waals surface area contributed by atoms with E-state index in [0.717, 1.165) is 0 Å². The van der Waals surface area contributed by atoms with Gasteiger partial charge in [-0.1, -0.05) is 6.07 Å². The third kappa shape index (κ3) is 2.29. The summed E-state index contributed by atoms with van der Waals surface area (Å²) >= 11 is 0. The van der Waals surface area contributed by atoms with Gasteiger partial charge in [-0.25, -0.2) is 4.79 Å². The van der Waals surface area contributed by atoms with Crippen LogP contribution in [0.5, 0.6) is 0 Å². The first kappa shape index (κ1) is 11.6. The Morgan fingerprint density at radius 2 is 2.47 bits per heavy atom. The maximum atomic E-state index is 11.7. The number of hydrogen-bond acceptors (Lipinski definition) is 5. The fraction of sp³-hybridized carbons (Fsp3) is 0.333. The largest absolute Gasteiger partial charge is 0.488 e. The second-order valence-corrected chi connectivity index (χ2v) is 3.51. The van der Waals surface area contributed by atoms with Crippen molar-refractivity contribution in [2.45, 2.75) is 13.0 Å². The Labute approximate surface area is 98.7 Å². The number of aromatic nitrogens is 1. The smallest absolute Gasteiger partial charge is 0.340 e. The topological polar surface area (TPSA) is 68.7 Å². The monoisotopic (exact) mass is 235 g/mol. The summed E-state index contributed by atoms with van der Waals surface area (Å²) in [5, 5.41) is 9.71. The molecule has 1 aliphatic rings. The van der Waals surface area contributed by atoms with Gasteiger partial charge in [0.1, 0.15) is 24.0 Å². The molecule has 2 rings (SSSR count). The van der Waals surface area contributed by atoms with Gasteiger partial charge in [0.2, 0.25) is 0 Å². The quantitative estimate of drug-likeness (QED) is 0.783. The molecule has 0 aliphatic carbocycles. The number of esters is 1. The highest BCUT2D eigenvalue weighted by atomic mass is 16.5. The lowest BCUT2D eigenvalue weighted by Gasteiger charge is -2.06. The lowest BCUT2D eigenvalue weighted by atomic mass is 10.1. The molecular formula is C12H13NO4. The molecule has 0 bridgehead atoms. The standard InChI is InChI=1S/C12H13NO4/c1-2-16-12(15)10-9(14)7-17-11(10)8-5-3-4-6-13-8/h3-6,9,14H,2,7H2,1H3. The molecule has 1 aromatic rings. The van der Waals surface area contributed by atoms with Gasteiger partial charge in [0.05, 0.1) is 6.61 Å². The van der Waals surface area contributed by atoms with Crippen molar-refractivity contribution in [2.75, 3.05) is 13.2 Å². The van der Waals surface area contributed by atoms with E-state index < -0.39 is 12.1 Å². The molecule has 1 unspecified atom stereocenters. The summed E-state index contributed by atoms with van der Waals surface area (Å²) < 4.78 is 10.2. The number of pyridine rings is 1. The van der Waals surface area contributed by atoms with Crippen LogP contribution in [0.15, 0.2) is 30.0 Å². The zero-order valence-corrected chi connectivity index (χ0v) is 9.42. The van der Waals surface area contributed by atoms with Crippen LogP contribution in [0.4, 0.5) is 0 Å². The number of aliphatic hydroxyl groups excluding tert-OH is 1. The molecule has 2 heterocycles. The van der Waals surface area contributed by atoms with Crippen LogP contribution in [0.2, 0.25) is 0 Å². The van der Waals surface area contributed by atoms with Crippen molar-refractivity contribution in [1.29, 1.82) is 0 Å². The minimum Gasteiger partial charge on any atom is -0.488 e. The molecule has 0 spiro atoms. The molecule has 0 fully saturated rings. The Morgan fingerprint density at radius 1 is 1.65 bits per heavy atom. The van der Waals surface area contributed by atoms with E-state index in [-0.39, 0.29) is 18.8 Å². The number of carbonyl (C=O) groups is 1. The number of nitrogens with zero attached hydrogens (tertiary/aromatic N) is 1. The van der Waals surface area contributed by atoms with Crippen molar-refractivity contribution in [1.82, 2.24) is 4.98 Å². The van der Waals surface area contributed by atoms with Crippen LogP contribution in [0.1, 0.15) is 12.6 Å². The molecule has 1 aromatic heterocycles. The maximum Gasteiger partial charge on any atom is 0.340 e. The Morgan fingerprint density at radius 3 is 3.12 bits per heavy atom. The van der Waals surface area contributed by atoms with E-state index in [4.69, 9.17) is 9.47 Å². The van der Waals surface area contributed by atoms with Gasteiger partial charge in [-0.05, 0) is 19.1 Å². The molecule has 0 saturated heterocycles. The molecule has 1 atom stereocenters. The van der Waals surface area contributed by atoms with E-state index in [0.29, 0.717) is 11.5 Å². The molecule has 0 amide bonds. The van der Waals surface area contributed by atoms with Crippen molar-refractivity contribution < 1.29 is 19.4 Å². The first-order valence-electron chi connectivity index (χ1n) is 5.37. The minimum absolute atomic E-state index is 0.0556. The molecule has 17 heavy (non-hydrogen) atoms. The predicted molar refractivity (Wildman–Crippen MR) is 59.7 cm³/mol. The number of ether oxygens (including phenoxy) is 2. The Hall–Kier alpha value is -1.88. The second-order valence-electron chi connectivity index (χ2n) is 3.51. The zero-order valence-electron chi connectivity index (χ0n) is 9.42. The summed E-state index contributed by atoms with van der Waals surface area (Å²) in [4.78, 5) is 15.8. The van der Waals surface area contributed by atoms with E-state index in [1.165, 1.54) is 0 Å². The summed E-state index contributed by atoms with van der Waals surface area (Å²) in [6.07, 6.45) is 0.644. The van der Waals surface area contributed by atoms with E-state index in [1.807, 2.05) is 0 Å². The van der Waals surface area contributed by atoms with Gasteiger partial charge < -0.3 is 14.6 Å². The second kappa shape index (κ2) is 4.97. The van der Waals surface area contributed by atoms with Crippen molar-refractivity contribution >= 4 is 11.7 Å². The fourth-order valence-corrected chi connectivity index (χ4v) is 1.62. The maximum absolute atomic E-state index is 11.7. The van der Waals surface area contributed by atoms with Crippen LogP contribution in [-0.2, 0) is 14.3 Å². The molecule has 0 aromatic carbocycles. The fourth-order valence-electron chi connectivity index (χ4n) is 1.62. The van der Waals surface area contributed by atoms with Gasteiger partial charge in [-0.3, -0.25) is 4.98 Å². The first-order chi connectivity index (χ1) is 8.24. The number of carbonyl (C=O) groups excluding carboxylic acids is 1. The number of aliphatic hydroxyl groups is 1. The zero-order chi connectivity index (χ0) is 12.3. The van der Waals surface area contributed by atoms with Crippen LogP contribution in [0.3, 0.4) is 0 Å². The first-order valence-corrected chi connectivity index (χ1v) is 5.37. The molecule has 5 nitrogen and oxygen atoms in total. The average Bonchev–Trinajstić information content (AvgIpc) is 2.73. The molecule has 90 valence electrons. The van der Waals surface area contributed by atoms with Gasteiger partial charge in [0.25, 0.3) is 0 Å². The molecule has 0 radical (unpaired) electrons. The van der Waals surface area contributed by atoms with Crippen LogP contribution in [-0.4, -0.2) is 35.4 Å². The lowest BCUT2D eigenvalue weighted by molar-refractivity contribution is -0.139. The molecule has 5 heteroatoms. The molecular weight excluding hydrogens is 222 g/mol. The van der Waals surface area contributed by atoms with Crippen LogP contribution < -0.4 is 0 Å². The van der Waals surface area contributed by atoms with Crippen molar-refractivity contribution in [3.63, 3.8) is 0 Å². The van der Waals surface area contributed by atoms with Crippen molar-refractivity contribution in [2.24, 2.45) is 0 Å². The van der Waals surface area contributed by atoms with Crippen molar-refractivity contribution in [3.8, 4) is 0 Å². The van der Waals surface area contributed by atoms with Crippen molar-refractivity contribution in [3.05, 3.63) is 35.7 Å². The highest BCUT2D eigenvalue weighted by molar-refractivity contribution is 5.97. The Bertz CT molecular complexity index is 441. The molecule has 1 aliphatic heterocycles. The summed E-state index contributed by atoms with van der Waals surface area (Å²) in [5.74, 6) is -0.255. The summed E-state index contributed by atoms with van der Waals surface area (Å²) in [6, 6.07) is 5.26. The van der Waals surface area contributed by atoms with Crippen LogP contribution in [0.25, 0.3) is 5.76 Å². The molecule has 0 saturated carbocycles. The Balaban J connectivity index is 2.38. The van der Waals surface area contributed by atoms with Crippen LogP contribution in [0, 0.1) is 0 Å². The van der Waals surface area contributed by atoms with Gasteiger partial charge in [-0.2, -0.15) is 0 Å². The normalized spacial score (nSPS) is 19.1. The SMILES string of the molecule is CCOC(=O)C1=C(c2ccccn2)OCC1O. The predicted octanol–water partition coefficient (Wildman–Crippen LogP) is 0.747. The summed E-state index contributed by atoms with van der Waals surface area (Å²) in [5.41, 5.74) is 0.664. The van der Waals surface area contributed by atoms with E-state index in [2.05, 4.69) is 4.98 Å². The van der Waals surface area contributed by atoms with E-state index in [1.54, 1.807) is 31.3 Å². The van der Waals surface area contributed by atoms with Gasteiger partial charge in [0, 0.05) is 6.20 Å². The summed E-state index contributed by atoms with van der Waals surface area (Å²) in [7, 11) is 0. The highest BCUT2D eigenvalue weighted by Crippen LogP contribution is 2.28. The van der Waals surface area contributed by atoms with Gasteiger partial charge in [-0.15, -0.1) is 0 Å². The van der Waals surface area contributed by atoms with Gasteiger partial charge >= 0.3 is 5.97 Å². The number of hydrogen-bond donors (Lipinski definition) is 1. The third-order valence-electron chi connectivity index (χ3n) is 2.36. The average molecular weight is 235 g/mol. The highest BCUT2D eigenvalue weighted by Gasteiger charge is 2.33. The molecule has 1 N–H and O–H groups in total.